The molecule has 0 aliphatic carbocycles. The molecule has 0 radical (unpaired) electrons. The summed E-state index contributed by atoms with van der Waals surface area (Å²) in [6, 6.07) is 1.94. The van der Waals surface area contributed by atoms with Gasteiger partial charge in [0.1, 0.15) is 6.29 Å². The third-order valence-electron chi connectivity index (χ3n) is 2.85. The van der Waals surface area contributed by atoms with Crippen molar-refractivity contribution in [2.45, 2.75) is 27.2 Å². The van der Waals surface area contributed by atoms with Crippen molar-refractivity contribution in [2.24, 2.45) is 0 Å². The highest BCUT2D eigenvalue weighted by Crippen LogP contribution is 2.23. The quantitative estimate of drug-likeness (QED) is 0.579. The van der Waals surface area contributed by atoms with Crippen molar-refractivity contribution in [3.8, 4) is 0 Å². The number of benzene rings is 1. The van der Waals surface area contributed by atoms with E-state index in [1.165, 1.54) is 7.11 Å². The van der Waals surface area contributed by atoms with Gasteiger partial charge in [0.05, 0.1) is 12.7 Å². The molecule has 0 atom stereocenters. The molecule has 0 aliphatic rings. The molecule has 1 aromatic rings. The van der Waals surface area contributed by atoms with E-state index < -0.39 is 0 Å². The third kappa shape index (κ3) is 2.13. The summed E-state index contributed by atoms with van der Waals surface area (Å²) in [6.45, 7) is 5.74. The lowest BCUT2D eigenvalue weighted by Crippen LogP contribution is -2.11. The molecule has 86 valence electrons. The number of carbonyl (C=O) groups excluding carboxylic acids is 2. The van der Waals surface area contributed by atoms with E-state index in [1.54, 1.807) is 0 Å². The van der Waals surface area contributed by atoms with Gasteiger partial charge >= 0.3 is 5.97 Å². The zero-order chi connectivity index (χ0) is 12.3. The highest BCUT2D eigenvalue weighted by Gasteiger charge is 2.17. The van der Waals surface area contributed by atoms with Crippen molar-refractivity contribution in [2.75, 3.05) is 7.11 Å². The Morgan fingerprint density at radius 2 is 1.94 bits per heavy atom. The summed E-state index contributed by atoms with van der Waals surface area (Å²) in [4.78, 5) is 22.3. The largest absolute Gasteiger partial charge is 0.465 e. The number of aryl methyl sites for hydroxylation is 2. The maximum absolute atomic E-state index is 11.7. The molecule has 0 unspecified atom stereocenters. The Morgan fingerprint density at radius 3 is 2.44 bits per heavy atom. The summed E-state index contributed by atoms with van der Waals surface area (Å²) in [7, 11) is 1.35. The SMILES string of the molecule is COC(=O)c1c(C)cc(C)c(C)c1CC=O. The fourth-order valence-corrected chi connectivity index (χ4v) is 1.89. The number of aldehydes is 1. The van der Waals surface area contributed by atoms with Gasteiger partial charge in [0, 0.05) is 6.42 Å². The number of methoxy groups -OCH3 is 1. The minimum atomic E-state index is -0.377. The second-order valence-electron chi connectivity index (χ2n) is 3.85. The van der Waals surface area contributed by atoms with Crippen LogP contribution in [-0.2, 0) is 16.0 Å². The summed E-state index contributed by atoms with van der Waals surface area (Å²) in [5.74, 6) is -0.377. The minimum Gasteiger partial charge on any atom is -0.465 e. The number of ether oxygens (including phenoxy) is 1. The summed E-state index contributed by atoms with van der Waals surface area (Å²) in [5.41, 5.74) is 4.23. The molecular weight excluding hydrogens is 204 g/mol. The highest BCUT2D eigenvalue weighted by molar-refractivity contribution is 5.94. The second kappa shape index (κ2) is 4.92. The molecule has 0 amide bonds. The molecule has 3 heteroatoms. The van der Waals surface area contributed by atoms with E-state index in [0.717, 1.165) is 28.5 Å². The van der Waals surface area contributed by atoms with Crippen LogP contribution in [0.3, 0.4) is 0 Å². The maximum Gasteiger partial charge on any atom is 0.338 e. The standard InChI is InChI=1S/C13H16O3/c1-8-7-9(2)12(13(15)16-4)11(5-6-14)10(8)3/h6-7H,5H2,1-4H3. The molecule has 3 nitrogen and oxygen atoms in total. The lowest BCUT2D eigenvalue weighted by atomic mass is 9.92. The molecule has 1 rings (SSSR count). The Balaban J connectivity index is 3.49. The van der Waals surface area contributed by atoms with Gasteiger partial charge in [-0.3, -0.25) is 0 Å². The first kappa shape index (κ1) is 12.4. The lowest BCUT2D eigenvalue weighted by Gasteiger charge is -2.14. The Hall–Kier alpha value is -1.64. The predicted molar refractivity (Wildman–Crippen MR) is 61.8 cm³/mol. The summed E-state index contributed by atoms with van der Waals surface area (Å²) in [5, 5.41) is 0. The van der Waals surface area contributed by atoms with Crippen LogP contribution in [-0.4, -0.2) is 19.4 Å². The van der Waals surface area contributed by atoms with Crippen LogP contribution in [0.4, 0.5) is 0 Å². The average Bonchev–Trinajstić information content (AvgIpc) is 2.25. The minimum absolute atomic E-state index is 0.249. The number of hydrogen-bond donors (Lipinski definition) is 0. The molecule has 0 N–H and O–H groups in total. The van der Waals surface area contributed by atoms with Crippen LogP contribution in [0.5, 0.6) is 0 Å². The van der Waals surface area contributed by atoms with Crippen molar-refractivity contribution >= 4 is 12.3 Å². The van der Waals surface area contributed by atoms with Gasteiger partial charge in [-0.2, -0.15) is 0 Å². The first-order valence-corrected chi connectivity index (χ1v) is 5.14. The van der Waals surface area contributed by atoms with E-state index in [0.29, 0.717) is 5.56 Å². The summed E-state index contributed by atoms with van der Waals surface area (Å²) in [6.07, 6.45) is 1.06. The molecule has 1 aromatic carbocycles. The van der Waals surface area contributed by atoms with Crippen molar-refractivity contribution in [3.63, 3.8) is 0 Å². The van der Waals surface area contributed by atoms with E-state index in [2.05, 4.69) is 0 Å². The van der Waals surface area contributed by atoms with Crippen molar-refractivity contribution in [1.82, 2.24) is 0 Å². The van der Waals surface area contributed by atoms with Crippen LogP contribution in [0.15, 0.2) is 6.07 Å². The summed E-state index contributed by atoms with van der Waals surface area (Å²) < 4.78 is 4.74. The van der Waals surface area contributed by atoms with Gasteiger partial charge in [0.2, 0.25) is 0 Å². The first-order chi connectivity index (χ1) is 7.52. The van der Waals surface area contributed by atoms with E-state index in [-0.39, 0.29) is 12.4 Å². The number of carbonyl (C=O) groups is 2. The molecule has 0 fully saturated rings. The molecule has 0 aromatic heterocycles. The molecule has 16 heavy (non-hydrogen) atoms. The molecule has 0 saturated carbocycles. The maximum atomic E-state index is 11.7. The fraction of sp³-hybridized carbons (Fsp3) is 0.385. The van der Waals surface area contributed by atoms with Crippen LogP contribution in [0.1, 0.15) is 32.6 Å². The van der Waals surface area contributed by atoms with Crippen LogP contribution in [0.2, 0.25) is 0 Å². The highest BCUT2D eigenvalue weighted by atomic mass is 16.5. The number of esters is 1. The van der Waals surface area contributed by atoms with E-state index >= 15 is 0 Å². The lowest BCUT2D eigenvalue weighted by molar-refractivity contribution is -0.107. The zero-order valence-corrected chi connectivity index (χ0v) is 10.1. The third-order valence-corrected chi connectivity index (χ3v) is 2.85. The summed E-state index contributed by atoms with van der Waals surface area (Å²) >= 11 is 0. The first-order valence-electron chi connectivity index (χ1n) is 5.14. The number of rotatable bonds is 3. The normalized spacial score (nSPS) is 10.0. The van der Waals surface area contributed by atoms with E-state index in [9.17, 15) is 9.59 Å². The molecule has 0 aliphatic heterocycles. The second-order valence-corrected chi connectivity index (χ2v) is 3.85. The van der Waals surface area contributed by atoms with Gasteiger partial charge in [-0.1, -0.05) is 6.07 Å². The number of hydrogen-bond acceptors (Lipinski definition) is 3. The Labute approximate surface area is 95.4 Å². The van der Waals surface area contributed by atoms with E-state index in [1.807, 2.05) is 26.8 Å². The molecular formula is C13H16O3. The van der Waals surface area contributed by atoms with Crippen LogP contribution in [0.25, 0.3) is 0 Å². The predicted octanol–water partition coefficient (Wildman–Crippen LogP) is 2.14. The monoisotopic (exact) mass is 220 g/mol. The zero-order valence-electron chi connectivity index (χ0n) is 10.1. The van der Waals surface area contributed by atoms with Gasteiger partial charge in [0.15, 0.2) is 0 Å². The van der Waals surface area contributed by atoms with Crippen LogP contribution in [0, 0.1) is 20.8 Å². The average molecular weight is 220 g/mol. The molecule has 0 spiro atoms. The molecule has 0 heterocycles. The van der Waals surface area contributed by atoms with Crippen molar-refractivity contribution in [1.29, 1.82) is 0 Å². The Morgan fingerprint density at radius 1 is 1.31 bits per heavy atom. The van der Waals surface area contributed by atoms with Crippen molar-refractivity contribution < 1.29 is 14.3 Å². The molecule has 0 bridgehead atoms. The van der Waals surface area contributed by atoms with Gasteiger partial charge < -0.3 is 9.53 Å². The molecule has 0 saturated heterocycles. The van der Waals surface area contributed by atoms with E-state index in [4.69, 9.17) is 4.74 Å². The van der Waals surface area contributed by atoms with Gasteiger partial charge in [-0.15, -0.1) is 0 Å². The van der Waals surface area contributed by atoms with Crippen LogP contribution >= 0.6 is 0 Å². The smallest absolute Gasteiger partial charge is 0.338 e. The topological polar surface area (TPSA) is 43.4 Å². The van der Waals surface area contributed by atoms with Gasteiger partial charge in [-0.25, -0.2) is 4.79 Å². The van der Waals surface area contributed by atoms with Crippen LogP contribution < -0.4 is 0 Å². The van der Waals surface area contributed by atoms with Gasteiger partial charge in [-0.05, 0) is 43.0 Å². The Kier molecular flexibility index (Phi) is 3.82. The van der Waals surface area contributed by atoms with Crippen molar-refractivity contribution in [3.05, 3.63) is 33.9 Å². The Bertz CT molecular complexity index is 433. The van der Waals surface area contributed by atoms with Gasteiger partial charge in [0.25, 0.3) is 0 Å². The fourth-order valence-electron chi connectivity index (χ4n) is 1.89.